The van der Waals surface area contributed by atoms with Gasteiger partial charge >= 0.3 is 11.9 Å². The highest BCUT2D eigenvalue weighted by molar-refractivity contribution is 5.94. The van der Waals surface area contributed by atoms with E-state index in [4.69, 9.17) is 15.3 Å². The molecule has 0 aliphatic carbocycles. The summed E-state index contributed by atoms with van der Waals surface area (Å²) in [4.78, 5) is 21.1. The molecule has 0 saturated carbocycles. The molecule has 0 spiro atoms. The SMILES string of the molecule is O=C(O)/C=C(\CC(=O)O)c1ccc(O)cc1. The Bertz CT molecular complexity index is 430. The Hall–Kier alpha value is -2.30. The number of hydrogen-bond acceptors (Lipinski definition) is 3. The van der Waals surface area contributed by atoms with Gasteiger partial charge in [0.2, 0.25) is 0 Å². The van der Waals surface area contributed by atoms with E-state index in [9.17, 15) is 9.59 Å². The number of benzene rings is 1. The molecule has 5 heteroatoms. The number of carboxylic acids is 2. The van der Waals surface area contributed by atoms with Crippen molar-refractivity contribution < 1.29 is 24.9 Å². The normalized spacial score (nSPS) is 11.1. The van der Waals surface area contributed by atoms with E-state index in [0.717, 1.165) is 6.08 Å². The van der Waals surface area contributed by atoms with Crippen LogP contribution in [0.4, 0.5) is 0 Å². The highest BCUT2D eigenvalue weighted by Crippen LogP contribution is 2.20. The largest absolute Gasteiger partial charge is 0.508 e. The van der Waals surface area contributed by atoms with Crippen LogP contribution in [0.15, 0.2) is 30.3 Å². The standard InChI is InChI=1S/C11H10O5/c12-9-3-1-7(2-4-9)8(5-10(13)14)6-11(15)16/h1-5,12H,6H2,(H,13,14)(H,15,16)/b8-5+. The molecular weight excluding hydrogens is 212 g/mol. The van der Waals surface area contributed by atoms with Gasteiger partial charge in [0.05, 0.1) is 6.42 Å². The summed E-state index contributed by atoms with van der Waals surface area (Å²) in [7, 11) is 0. The van der Waals surface area contributed by atoms with Gasteiger partial charge in [-0.05, 0) is 23.3 Å². The van der Waals surface area contributed by atoms with Crippen LogP contribution in [-0.2, 0) is 9.59 Å². The van der Waals surface area contributed by atoms with Crippen LogP contribution in [0.25, 0.3) is 5.57 Å². The summed E-state index contributed by atoms with van der Waals surface area (Å²) in [6.07, 6.45) is 0.470. The van der Waals surface area contributed by atoms with Crippen LogP contribution in [0.3, 0.4) is 0 Å². The quantitative estimate of drug-likeness (QED) is 0.668. The summed E-state index contributed by atoms with van der Waals surface area (Å²) in [5.74, 6) is -2.28. The molecule has 5 nitrogen and oxygen atoms in total. The van der Waals surface area contributed by atoms with E-state index in [-0.39, 0.29) is 17.7 Å². The van der Waals surface area contributed by atoms with Crippen molar-refractivity contribution in [1.29, 1.82) is 0 Å². The van der Waals surface area contributed by atoms with Crippen molar-refractivity contribution in [2.24, 2.45) is 0 Å². The van der Waals surface area contributed by atoms with Gasteiger partial charge in [0.25, 0.3) is 0 Å². The number of aromatic hydroxyl groups is 1. The maximum absolute atomic E-state index is 10.5. The maximum Gasteiger partial charge on any atom is 0.328 e. The highest BCUT2D eigenvalue weighted by Gasteiger charge is 2.08. The maximum atomic E-state index is 10.5. The lowest BCUT2D eigenvalue weighted by Crippen LogP contribution is -2.00. The van der Waals surface area contributed by atoms with E-state index in [0.29, 0.717) is 5.56 Å². The fourth-order valence-electron chi connectivity index (χ4n) is 1.22. The van der Waals surface area contributed by atoms with Gasteiger partial charge in [-0.25, -0.2) is 4.79 Å². The third-order valence-electron chi connectivity index (χ3n) is 1.88. The Morgan fingerprint density at radius 1 is 1.12 bits per heavy atom. The zero-order chi connectivity index (χ0) is 12.1. The molecule has 3 N–H and O–H groups in total. The molecule has 16 heavy (non-hydrogen) atoms. The van der Waals surface area contributed by atoms with Crippen LogP contribution in [-0.4, -0.2) is 27.3 Å². The molecule has 0 heterocycles. The fourth-order valence-corrected chi connectivity index (χ4v) is 1.22. The monoisotopic (exact) mass is 222 g/mol. The second-order valence-electron chi connectivity index (χ2n) is 3.13. The number of phenols is 1. The lowest BCUT2D eigenvalue weighted by Gasteiger charge is -2.04. The van der Waals surface area contributed by atoms with E-state index >= 15 is 0 Å². The van der Waals surface area contributed by atoms with Crippen molar-refractivity contribution in [2.75, 3.05) is 0 Å². The first-order valence-electron chi connectivity index (χ1n) is 4.43. The van der Waals surface area contributed by atoms with E-state index in [1.807, 2.05) is 0 Å². The first-order valence-corrected chi connectivity index (χ1v) is 4.43. The summed E-state index contributed by atoms with van der Waals surface area (Å²) >= 11 is 0. The molecule has 0 saturated heterocycles. The van der Waals surface area contributed by atoms with Gasteiger partial charge in [0, 0.05) is 6.08 Å². The molecule has 1 rings (SSSR count). The van der Waals surface area contributed by atoms with Gasteiger partial charge in [0.15, 0.2) is 0 Å². The second-order valence-corrected chi connectivity index (χ2v) is 3.13. The number of carbonyl (C=O) groups is 2. The third-order valence-corrected chi connectivity index (χ3v) is 1.88. The van der Waals surface area contributed by atoms with Gasteiger partial charge in [0.1, 0.15) is 5.75 Å². The molecular formula is C11H10O5. The molecule has 0 aliphatic rings. The zero-order valence-corrected chi connectivity index (χ0v) is 8.25. The van der Waals surface area contributed by atoms with Gasteiger partial charge < -0.3 is 15.3 Å². The first kappa shape index (κ1) is 11.8. The van der Waals surface area contributed by atoms with Gasteiger partial charge in [-0.2, -0.15) is 0 Å². The highest BCUT2D eigenvalue weighted by atomic mass is 16.4. The molecule has 0 bridgehead atoms. The van der Waals surface area contributed by atoms with Crippen molar-refractivity contribution in [3.63, 3.8) is 0 Å². The van der Waals surface area contributed by atoms with Crippen LogP contribution >= 0.6 is 0 Å². The van der Waals surface area contributed by atoms with E-state index in [1.54, 1.807) is 0 Å². The van der Waals surface area contributed by atoms with Gasteiger partial charge in [-0.15, -0.1) is 0 Å². The summed E-state index contributed by atoms with van der Waals surface area (Å²) in [5.41, 5.74) is 0.641. The average molecular weight is 222 g/mol. The minimum atomic E-state index is -1.20. The molecule has 0 unspecified atom stereocenters. The lowest BCUT2D eigenvalue weighted by atomic mass is 10.0. The molecule has 0 radical (unpaired) electrons. The molecule has 0 aliphatic heterocycles. The molecule has 1 aromatic rings. The Balaban J connectivity index is 3.06. The molecule has 0 fully saturated rings. The summed E-state index contributed by atoms with van der Waals surface area (Å²) in [6.45, 7) is 0. The predicted molar refractivity (Wildman–Crippen MR) is 56.0 cm³/mol. The molecule has 0 atom stereocenters. The lowest BCUT2D eigenvalue weighted by molar-refractivity contribution is -0.135. The van der Waals surface area contributed by atoms with Crippen LogP contribution < -0.4 is 0 Å². The van der Waals surface area contributed by atoms with Crippen LogP contribution in [0.5, 0.6) is 5.75 Å². The number of aliphatic carboxylic acids is 2. The minimum Gasteiger partial charge on any atom is -0.508 e. The van der Waals surface area contributed by atoms with Crippen LogP contribution in [0.2, 0.25) is 0 Å². The summed E-state index contributed by atoms with van der Waals surface area (Å²) in [5, 5.41) is 26.3. The summed E-state index contributed by atoms with van der Waals surface area (Å²) < 4.78 is 0. The topological polar surface area (TPSA) is 94.8 Å². The van der Waals surface area contributed by atoms with Crippen molar-refractivity contribution in [1.82, 2.24) is 0 Å². The number of rotatable bonds is 4. The number of carboxylic acid groups (broad SMARTS) is 2. The van der Waals surface area contributed by atoms with Gasteiger partial charge in [-0.3, -0.25) is 4.79 Å². The summed E-state index contributed by atoms with van der Waals surface area (Å²) in [6, 6.07) is 5.67. The molecule has 0 amide bonds. The average Bonchev–Trinajstić information content (AvgIpc) is 2.16. The Morgan fingerprint density at radius 2 is 1.69 bits per heavy atom. The van der Waals surface area contributed by atoms with E-state index in [2.05, 4.69) is 0 Å². The fraction of sp³-hybridized carbons (Fsp3) is 0.0909. The molecule has 1 aromatic carbocycles. The Kier molecular flexibility index (Phi) is 3.66. The van der Waals surface area contributed by atoms with E-state index in [1.165, 1.54) is 24.3 Å². The van der Waals surface area contributed by atoms with Crippen molar-refractivity contribution in [3.8, 4) is 5.75 Å². The van der Waals surface area contributed by atoms with Crippen molar-refractivity contribution >= 4 is 17.5 Å². The van der Waals surface area contributed by atoms with Crippen molar-refractivity contribution in [3.05, 3.63) is 35.9 Å². The Labute approximate surface area is 91.3 Å². The third kappa shape index (κ3) is 3.45. The van der Waals surface area contributed by atoms with Crippen LogP contribution in [0.1, 0.15) is 12.0 Å². The zero-order valence-electron chi connectivity index (χ0n) is 8.25. The number of hydrogen-bond donors (Lipinski definition) is 3. The molecule has 84 valence electrons. The van der Waals surface area contributed by atoms with Crippen LogP contribution in [0, 0.1) is 0 Å². The predicted octanol–water partition coefficient (Wildman–Crippen LogP) is 1.33. The van der Waals surface area contributed by atoms with E-state index < -0.39 is 11.9 Å². The first-order chi connectivity index (χ1) is 7.49. The number of phenolic OH excluding ortho intramolecular Hbond substituents is 1. The van der Waals surface area contributed by atoms with Gasteiger partial charge in [-0.1, -0.05) is 12.1 Å². The Morgan fingerprint density at radius 3 is 2.12 bits per heavy atom. The molecule has 0 aromatic heterocycles. The smallest absolute Gasteiger partial charge is 0.328 e. The minimum absolute atomic E-state index is 0.0359. The second kappa shape index (κ2) is 4.97. The van der Waals surface area contributed by atoms with Crippen molar-refractivity contribution in [2.45, 2.75) is 6.42 Å².